The molecule has 1 saturated heterocycles. The second-order valence-corrected chi connectivity index (χ2v) is 7.62. The van der Waals surface area contributed by atoms with Crippen LogP contribution < -0.4 is 5.32 Å². The molecule has 0 saturated carbocycles. The third-order valence-electron chi connectivity index (χ3n) is 3.65. The van der Waals surface area contributed by atoms with Crippen molar-refractivity contribution in [3.05, 3.63) is 30.1 Å². The monoisotopic (exact) mass is 311 g/mol. The Kier molecular flexibility index (Phi) is 5.30. The molecule has 1 fully saturated rings. The van der Waals surface area contributed by atoms with Crippen molar-refractivity contribution in [1.82, 2.24) is 15.2 Å². The van der Waals surface area contributed by atoms with Gasteiger partial charge in [0.25, 0.3) is 0 Å². The predicted octanol–water partition coefficient (Wildman–Crippen LogP) is -0.141. The number of sulfone groups is 1. The molecule has 6 nitrogen and oxygen atoms in total. The highest BCUT2D eigenvalue weighted by Crippen LogP contribution is 2.15. The Morgan fingerprint density at radius 1 is 1.48 bits per heavy atom. The molecule has 7 heteroatoms. The normalized spacial score (nSPS) is 20.6. The molecule has 116 valence electrons. The smallest absolute Gasteiger partial charge is 0.234 e. The number of hydrogen-bond acceptors (Lipinski definition) is 5. The first kappa shape index (κ1) is 15.9. The molecule has 1 aliphatic rings. The van der Waals surface area contributed by atoms with Crippen LogP contribution in [0, 0.1) is 0 Å². The zero-order chi connectivity index (χ0) is 15.3. The van der Waals surface area contributed by atoms with Gasteiger partial charge in [-0.1, -0.05) is 6.07 Å². The van der Waals surface area contributed by atoms with Crippen LogP contribution in [0.4, 0.5) is 0 Å². The number of nitrogens with one attached hydrogen (secondary N) is 1. The van der Waals surface area contributed by atoms with Crippen LogP contribution in [0.5, 0.6) is 0 Å². The summed E-state index contributed by atoms with van der Waals surface area (Å²) in [5.74, 6) is 0.298. The van der Waals surface area contributed by atoms with Crippen LogP contribution in [0.3, 0.4) is 0 Å². The Balaban J connectivity index is 1.70. The lowest BCUT2D eigenvalue weighted by Gasteiger charge is -2.22. The zero-order valence-electron chi connectivity index (χ0n) is 12.2. The summed E-state index contributed by atoms with van der Waals surface area (Å²) in [6, 6.07) is 5.64. The van der Waals surface area contributed by atoms with Crippen LogP contribution in [0.15, 0.2) is 24.4 Å². The summed E-state index contributed by atoms with van der Waals surface area (Å²) in [5, 5.41) is 2.84. The first-order valence-electron chi connectivity index (χ1n) is 7.03. The van der Waals surface area contributed by atoms with Crippen molar-refractivity contribution >= 4 is 15.7 Å². The number of amides is 1. The largest absolute Gasteiger partial charge is 0.355 e. The summed E-state index contributed by atoms with van der Waals surface area (Å²) < 4.78 is 22.9. The van der Waals surface area contributed by atoms with E-state index in [2.05, 4.69) is 10.3 Å². The number of hydrogen-bond donors (Lipinski definition) is 1. The standard InChI is InChI=1S/C14H21N3O3S/c1-17(13-6-9-21(19,20)11-13)10-14(18)16-8-5-12-4-2-3-7-15-12/h2-4,7,13H,5-6,8-11H2,1H3,(H,16,18)/t13-/m0/s1. The number of rotatable bonds is 6. The Morgan fingerprint density at radius 2 is 2.29 bits per heavy atom. The van der Waals surface area contributed by atoms with Crippen molar-refractivity contribution in [3.8, 4) is 0 Å². The summed E-state index contributed by atoms with van der Waals surface area (Å²) in [5.41, 5.74) is 0.938. The molecule has 21 heavy (non-hydrogen) atoms. The summed E-state index contributed by atoms with van der Waals surface area (Å²) in [6.45, 7) is 0.759. The summed E-state index contributed by atoms with van der Waals surface area (Å²) >= 11 is 0. The van der Waals surface area contributed by atoms with Gasteiger partial charge < -0.3 is 5.32 Å². The highest BCUT2D eigenvalue weighted by Gasteiger charge is 2.31. The van der Waals surface area contributed by atoms with Gasteiger partial charge in [0, 0.05) is 30.9 Å². The van der Waals surface area contributed by atoms with Gasteiger partial charge in [0.15, 0.2) is 9.84 Å². The van der Waals surface area contributed by atoms with E-state index in [1.165, 1.54) is 0 Å². The van der Waals surface area contributed by atoms with E-state index < -0.39 is 9.84 Å². The second kappa shape index (κ2) is 7.00. The molecule has 1 aliphatic heterocycles. The van der Waals surface area contributed by atoms with Gasteiger partial charge in [0.05, 0.1) is 18.1 Å². The first-order valence-corrected chi connectivity index (χ1v) is 8.86. The molecule has 0 unspecified atom stereocenters. The van der Waals surface area contributed by atoms with Crippen LogP contribution in [0.2, 0.25) is 0 Å². The molecule has 1 amide bonds. The number of likely N-dealkylation sites (N-methyl/N-ethyl adjacent to an activating group) is 1. The minimum atomic E-state index is -2.91. The van der Waals surface area contributed by atoms with Crippen LogP contribution >= 0.6 is 0 Å². The highest BCUT2D eigenvalue weighted by molar-refractivity contribution is 7.91. The van der Waals surface area contributed by atoms with Crippen molar-refractivity contribution in [2.45, 2.75) is 18.9 Å². The number of pyridine rings is 1. The maximum Gasteiger partial charge on any atom is 0.234 e. The minimum Gasteiger partial charge on any atom is -0.355 e. The fourth-order valence-electron chi connectivity index (χ4n) is 2.41. The van der Waals surface area contributed by atoms with E-state index in [1.54, 1.807) is 13.2 Å². The average molecular weight is 311 g/mol. The van der Waals surface area contributed by atoms with Gasteiger partial charge in [0.2, 0.25) is 5.91 Å². The number of nitrogens with zero attached hydrogens (tertiary/aromatic N) is 2. The van der Waals surface area contributed by atoms with Crippen molar-refractivity contribution < 1.29 is 13.2 Å². The lowest BCUT2D eigenvalue weighted by atomic mass is 10.2. The Labute approximate surface area is 125 Å². The molecule has 0 aliphatic carbocycles. The Hall–Kier alpha value is -1.47. The van der Waals surface area contributed by atoms with Crippen LogP contribution in [0.1, 0.15) is 12.1 Å². The van der Waals surface area contributed by atoms with E-state index in [9.17, 15) is 13.2 Å². The molecule has 0 radical (unpaired) electrons. The maximum absolute atomic E-state index is 11.8. The average Bonchev–Trinajstić information content (AvgIpc) is 2.80. The van der Waals surface area contributed by atoms with E-state index in [-0.39, 0.29) is 30.0 Å². The lowest BCUT2D eigenvalue weighted by Crippen LogP contribution is -2.41. The second-order valence-electron chi connectivity index (χ2n) is 5.39. The SMILES string of the molecule is CN(CC(=O)NCCc1ccccn1)[C@H]1CCS(=O)(=O)C1. The van der Waals surface area contributed by atoms with Gasteiger partial charge in [-0.25, -0.2) is 8.42 Å². The molecular formula is C14H21N3O3S. The lowest BCUT2D eigenvalue weighted by molar-refractivity contribution is -0.122. The minimum absolute atomic E-state index is 0.0449. The fourth-order valence-corrected chi connectivity index (χ4v) is 4.22. The van der Waals surface area contributed by atoms with E-state index in [4.69, 9.17) is 0 Å². The topological polar surface area (TPSA) is 79.4 Å². The third-order valence-corrected chi connectivity index (χ3v) is 5.40. The zero-order valence-corrected chi connectivity index (χ0v) is 13.0. The van der Waals surface area contributed by atoms with Crippen molar-refractivity contribution in [2.24, 2.45) is 0 Å². The number of aromatic nitrogens is 1. The van der Waals surface area contributed by atoms with E-state index >= 15 is 0 Å². The maximum atomic E-state index is 11.8. The van der Waals surface area contributed by atoms with E-state index in [1.807, 2.05) is 23.1 Å². The van der Waals surface area contributed by atoms with Crippen LogP contribution in [0.25, 0.3) is 0 Å². The summed E-state index contributed by atoms with van der Waals surface area (Å²) in [7, 11) is -1.12. The van der Waals surface area contributed by atoms with Crippen molar-refractivity contribution in [1.29, 1.82) is 0 Å². The molecule has 1 N–H and O–H groups in total. The third kappa shape index (κ3) is 5.09. The van der Waals surface area contributed by atoms with Gasteiger partial charge in [0.1, 0.15) is 0 Å². The van der Waals surface area contributed by atoms with Crippen molar-refractivity contribution in [2.75, 3.05) is 31.6 Å². The predicted molar refractivity (Wildman–Crippen MR) is 80.6 cm³/mol. The van der Waals surface area contributed by atoms with Gasteiger partial charge in [-0.2, -0.15) is 0 Å². The molecule has 1 aromatic rings. The van der Waals surface area contributed by atoms with Gasteiger partial charge in [-0.3, -0.25) is 14.7 Å². The fraction of sp³-hybridized carbons (Fsp3) is 0.571. The van der Waals surface area contributed by atoms with Gasteiger partial charge >= 0.3 is 0 Å². The molecule has 2 rings (SSSR count). The van der Waals surface area contributed by atoms with Crippen molar-refractivity contribution in [3.63, 3.8) is 0 Å². The van der Waals surface area contributed by atoms with E-state index in [0.717, 1.165) is 5.69 Å². The number of carbonyl (C=O) groups is 1. The Bertz CT molecular complexity index is 574. The molecule has 0 aromatic carbocycles. The molecule has 2 heterocycles. The molecule has 0 spiro atoms. The van der Waals surface area contributed by atoms with E-state index in [0.29, 0.717) is 19.4 Å². The van der Waals surface area contributed by atoms with Crippen LogP contribution in [-0.2, 0) is 21.1 Å². The Morgan fingerprint density at radius 3 is 2.90 bits per heavy atom. The summed E-state index contributed by atoms with van der Waals surface area (Å²) in [6.07, 6.45) is 3.03. The summed E-state index contributed by atoms with van der Waals surface area (Å²) in [4.78, 5) is 17.8. The molecule has 0 bridgehead atoms. The highest BCUT2D eigenvalue weighted by atomic mass is 32.2. The molecule has 1 atom stereocenters. The number of carbonyl (C=O) groups excluding carboxylic acids is 1. The first-order chi connectivity index (χ1) is 9.96. The van der Waals surface area contributed by atoms with Gasteiger partial charge in [-0.05, 0) is 25.6 Å². The van der Waals surface area contributed by atoms with Gasteiger partial charge in [-0.15, -0.1) is 0 Å². The molecular weight excluding hydrogens is 290 g/mol. The quantitative estimate of drug-likeness (QED) is 0.791. The van der Waals surface area contributed by atoms with Crippen LogP contribution in [-0.4, -0.2) is 61.9 Å². The molecule has 1 aromatic heterocycles.